The molecule has 0 saturated carbocycles. The second kappa shape index (κ2) is 2.83. The molecule has 0 aliphatic carbocycles. The fourth-order valence-corrected chi connectivity index (χ4v) is 0.618. The van der Waals surface area contributed by atoms with E-state index in [-0.39, 0.29) is 12.4 Å². The fourth-order valence-electron chi connectivity index (χ4n) is 0.618. The molecule has 0 aliphatic rings. The molecule has 1 aromatic rings. The van der Waals surface area contributed by atoms with E-state index in [0.29, 0.717) is 5.76 Å². The van der Waals surface area contributed by atoms with Crippen molar-refractivity contribution < 1.29 is 19.7 Å². The van der Waals surface area contributed by atoms with Crippen LogP contribution in [0.1, 0.15) is 17.8 Å². The zero-order valence-electron chi connectivity index (χ0n) is 5.19. The highest BCUT2D eigenvalue weighted by atomic mass is 16.5. The van der Waals surface area contributed by atoms with Crippen molar-refractivity contribution in [3.05, 3.63) is 23.7 Å². The van der Waals surface area contributed by atoms with Gasteiger partial charge in [-0.3, -0.25) is 0 Å². The number of aliphatic hydroxyl groups excluding tert-OH is 2. The molecule has 0 aromatic carbocycles. The lowest BCUT2D eigenvalue weighted by atomic mass is 10.4. The van der Waals surface area contributed by atoms with Crippen LogP contribution in [0.5, 0.6) is 0 Å². The van der Waals surface area contributed by atoms with E-state index in [4.69, 9.17) is 19.7 Å². The summed E-state index contributed by atoms with van der Waals surface area (Å²) in [5.74, 6) is 0.368. The number of hydrogen-bond donors (Lipinski definition) is 3. The Hall–Kier alpha value is -0.840. The first-order chi connectivity index (χ1) is 4.74. The smallest absolute Gasteiger partial charge is 0.212 e. The van der Waals surface area contributed by atoms with Crippen LogP contribution in [0.3, 0.4) is 0 Å². The first kappa shape index (κ1) is 7.27. The summed E-state index contributed by atoms with van der Waals surface area (Å²) in [6.07, 6.45) is -1.60. The van der Waals surface area contributed by atoms with E-state index >= 15 is 0 Å². The Balaban J connectivity index is 2.78. The SMILES string of the molecule is OCc1ccc(C(O)O)o1. The van der Waals surface area contributed by atoms with E-state index in [9.17, 15) is 0 Å². The van der Waals surface area contributed by atoms with E-state index in [2.05, 4.69) is 0 Å². The molecule has 1 rings (SSSR count). The molecule has 0 amide bonds. The third kappa shape index (κ3) is 1.36. The van der Waals surface area contributed by atoms with Gasteiger partial charge in [0.2, 0.25) is 6.29 Å². The van der Waals surface area contributed by atoms with Gasteiger partial charge >= 0.3 is 0 Å². The van der Waals surface area contributed by atoms with Crippen LogP contribution in [-0.2, 0) is 6.61 Å². The van der Waals surface area contributed by atoms with Crippen LogP contribution in [0.4, 0.5) is 0 Å². The summed E-state index contributed by atoms with van der Waals surface area (Å²) in [4.78, 5) is 0. The summed E-state index contributed by atoms with van der Waals surface area (Å²) in [6, 6.07) is 2.88. The molecule has 0 spiro atoms. The van der Waals surface area contributed by atoms with Crippen molar-refractivity contribution in [2.24, 2.45) is 0 Å². The third-order valence-electron chi connectivity index (χ3n) is 1.09. The van der Waals surface area contributed by atoms with Crippen LogP contribution >= 0.6 is 0 Å². The van der Waals surface area contributed by atoms with Crippen LogP contribution in [0.15, 0.2) is 16.5 Å². The average Bonchev–Trinajstić information content (AvgIpc) is 2.34. The van der Waals surface area contributed by atoms with Gasteiger partial charge in [0.25, 0.3) is 0 Å². The average molecular weight is 144 g/mol. The Morgan fingerprint density at radius 3 is 2.40 bits per heavy atom. The molecule has 56 valence electrons. The molecule has 1 aromatic heterocycles. The largest absolute Gasteiger partial charge is 0.458 e. The van der Waals surface area contributed by atoms with Crippen LogP contribution in [-0.4, -0.2) is 15.3 Å². The van der Waals surface area contributed by atoms with Gasteiger partial charge in [-0.05, 0) is 12.1 Å². The highest BCUT2D eigenvalue weighted by Gasteiger charge is 2.06. The standard InChI is InChI=1S/C6H8O4/c7-3-4-1-2-5(10-4)6(8)9/h1-2,6-9H,3H2. The van der Waals surface area contributed by atoms with Crippen LogP contribution in [0.2, 0.25) is 0 Å². The molecule has 0 aliphatic heterocycles. The topological polar surface area (TPSA) is 73.8 Å². The second-order valence-corrected chi connectivity index (χ2v) is 1.84. The molecule has 0 radical (unpaired) electrons. The number of rotatable bonds is 2. The summed E-state index contributed by atoms with van der Waals surface area (Å²) in [5, 5.41) is 25.5. The van der Waals surface area contributed by atoms with Gasteiger partial charge in [0, 0.05) is 0 Å². The van der Waals surface area contributed by atoms with Crippen molar-refractivity contribution in [3.63, 3.8) is 0 Å². The molecule has 10 heavy (non-hydrogen) atoms. The van der Waals surface area contributed by atoms with Crippen molar-refractivity contribution in [1.82, 2.24) is 0 Å². The Morgan fingerprint density at radius 2 is 2.10 bits per heavy atom. The lowest BCUT2D eigenvalue weighted by molar-refractivity contribution is -0.0591. The van der Waals surface area contributed by atoms with Crippen molar-refractivity contribution in [3.8, 4) is 0 Å². The molecule has 0 bridgehead atoms. The fraction of sp³-hybridized carbons (Fsp3) is 0.333. The Bertz CT molecular complexity index is 203. The molecule has 0 unspecified atom stereocenters. The van der Waals surface area contributed by atoms with Gasteiger partial charge in [-0.1, -0.05) is 0 Å². The van der Waals surface area contributed by atoms with Gasteiger partial charge in [-0.15, -0.1) is 0 Å². The predicted molar refractivity (Wildman–Crippen MR) is 31.8 cm³/mol. The van der Waals surface area contributed by atoms with Gasteiger partial charge in [0.15, 0.2) is 5.76 Å². The van der Waals surface area contributed by atoms with Crippen LogP contribution < -0.4 is 0 Å². The number of aliphatic hydroxyl groups is 3. The quantitative estimate of drug-likeness (QED) is 0.500. The Morgan fingerprint density at radius 1 is 1.40 bits per heavy atom. The number of hydrogen-bond acceptors (Lipinski definition) is 4. The van der Waals surface area contributed by atoms with Gasteiger partial charge in [-0.2, -0.15) is 0 Å². The lowest BCUT2D eigenvalue weighted by Crippen LogP contribution is -1.90. The molecular formula is C6H8O4. The maximum atomic E-state index is 8.51. The summed E-state index contributed by atoms with van der Waals surface area (Å²) in [6.45, 7) is -0.229. The Kier molecular flexibility index (Phi) is 2.06. The van der Waals surface area contributed by atoms with Crippen LogP contribution in [0.25, 0.3) is 0 Å². The van der Waals surface area contributed by atoms with E-state index in [1.165, 1.54) is 12.1 Å². The second-order valence-electron chi connectivity index (χ2n) is 1.84. The summed E-state index contributed by atoms with van der Waals surface area (Å²) < 4.78 is 4.74. The molecule has 4 heteroatoms. The predicted octanol–water partition coefficient (Wildman–Crippen LogP) is -0.245. The Labute approximate surface area is 57.3 Å². The first-order valence-corrected chi connectivity index (χ1v) is 2.79. The lowest BCUT2D eigenvalue weighted by Gasteiger charge is -1.95. The zero-order chi connectivity index (χ0) is 7.56. The first-order valence-electron chi connectivity index (χ1n) is 2.79. The van der Waals surface area contributed by atoms with E-state index < -0.39 is 6.29 Å². The minimum Gasteiger partial charge on any atom is -0.458 e. The normalized spacial score (nSPS) is 10.8. The van der Waals surface area contributed by atoms with Gasteiger partial charge < -0.3 is 19.7 Å². The molecule has 0 atom stereocenters. The minimum atomic E-state index is -1.60. The molecule has 0 fully saturated rings. The highest BCUT2D eigenvalue weighted by molar-refractivity contribution is 5.06. The maximum Gasteiger partial charge on any atom is 0.212 e. The van der Waals surface area contributed by atoms with Gasteiger partial charge in [0.05, 0.1) is 0 Å². The molecular weight excluding hydrogens is 136 g/mol. The summed E-state index contributed by atoms with van der Waals surface area (Å²) >= 11 is 0. The van der Waals surface area contributed by atoms with Crippen molar-refractivity contribution >= 4 is 0 Å². The third-order valence-corrected chi connectivity index (χ3v) is 1.09. The van der Waals surface area contributed by atoms with Gasteiger partial charge in [0.1, 0.15) is 12.4 Å². The maximum absolute atomic E-state index is 8.51. The van der Waals surface area contributed by atoms with Crippen LogP contribution in [0, 0.1) is 0 Å². The van der Waals surface area contributed by atoms with Crippen molar-refractivity contribution in [2.75, 3.05) is 0 Å². The monoisotopic (exact) mass is 144 g/mol. The highest BCUT2D eigenvalue weighted by Crippen LogP contribution is 2.13. The van der Waals surface area contributed by atoms with Gasteiger partial charge in [-0.25, -0.2) is 0 Å². The molecule has 0 saturated heterocycles. The van der Waals surface area contributed by atoms with E-state index in [0.717, 1.165) is 0 Å². The zero-order valence-corrected chi connectivity index (χ0v) is 5.19. The van der Waals surface area contributed by atoms with E-state index in [1.54, 1.807) is 0 Å². The molecule has 3 N–H and O–H groups in total. The summed E-state index contributed by atoms with van der Waals surface area (Å²) in [5.41, 5.74) is 0. The minimum absolute atomic E-state index is 0.0454. The number of furan rings is 1. The van der Waals surface area contributed by atoms with Crippen molar-refractivity contribution in [1.29, 1.82) is 0 Å². The summed E-state index contributed by atoms with van der Waals surface area (Å²) in [7, 11) is 0. The molecule has 1 heterocycles. The van der Waals surface area contributed by atoms with Crippen molar-refractivity contribution in [2.45, 2.75) is 12.9 Å². The van der Waals surface area contributed by atoms with E-state index in [1.807, 2.05) is 0 Å². The molecule has 4 nitrogen and oxygen atoms in total.